The summed E-state index contributed by atoms with van der Waals surface area (Å²) in [5, 5.41) is 3.21. The molecule has 104 valence electrons. The third-order valence-electron chi connectivity index (χ3n) is 3.88. The lowest BCUT2D eigenvalue weighted by molar-refractivity contribution is -0.141. The van der Waals surface area contributed by atoms with Gasteiger partial charge in [0.1, 0.15) is 0 Å². The fraction of sp³-hybridized carbons (Fsp3) is 0.909. The summed E-state index contributed by atoms with van der Waals surface area (Å²) in [6.45, 7) is 5.41. The molecule has 0 spiro atoms. The van der Waals surface area contributed by atoms with E-state index >= 15 is 0 Å². The highest BCUT2D eigenvalue weighted by Crippen LogP contribution is 2.27. The van der Waals surface area contributed by atoms with E-state index in [1.54, 1.807) is 4.90 Å². The Morgan fingerprint density at radius 3 is 2.28 bits per heavy atom. The van der Waals surface area contributed by atoms with Crippen LogP contribution in [0, 0.1) is 5.41 Å². The van der Waals surface area contributed by atoms with E-state index in [1.807, 2.05) is 6.92 Å². The van der Waals surface area contributed by atoms with Crippen molar-refractivity contribution in [3.8, 4) is 0 Å². The quantitative estimate of drug-likeness (QED) is 0.708. The van der Waals surface area contributed by atoms with Crippen LogP contribution in [-0.4, -0.2) is 69.1 Å². The van der Waals surface area contributed by atoms with Gasteiger partial charge in [0.05, 0.1) is 11.7 Å². The summed E-state index contributed by atoms with van der Waals surface area (Å²) >= 11 is 0. The van der Waals surface area contributed by atoms with Crippen molar-refractivity contribution in [3.05, 3.63) is 0 Å². The van der Waals surface area contributed by atoms with Gasteiger partial charge in [-0.15, -0.1) is 0 Å². The number of piperazine rings is 1. The van der Waals surface area contributed by atoms with Crippen LogP contribution >= 0.6 is 0 Å². The Morgan fingerprint density at radius 2 is 1.83 bits per heavy atom. The van der Waals surface area contributed by atoms with Crippen molar-refractivity contribution in [1.29, 1.82) is 0 Å². The molecule has 18 heavy (non-hydrogen) atoms. The predicted octanol–water partition coefficient (Wildman–Crippen LogP) is -0.910. The fourth-order valence-corrected chi connectivity index (χ4v) is 3.43. The minimum Gasteiger partial charge on any atom is -0.340 e. The molecule has 1 amide bonds. The Morgan fingerprint density at radius 1 is 1.22 bits per heavy atom. The van der Waals surface area contributed by atoms with Crippen molar-refractivity contribution in [1.82, 2.24) is 14.5 Å². The molecule has 2 aliphatic heterocycles. The zero-order chi connectivity index (χ0) is 13.4. The molecular weight excluding hydrogens is 254 g/mol. The van der Waals surface area contributed by atoms with Crippen LogP contribution in [-0.2, 0) is 14.8 Å². The molecule has 0 saturated carbocycles. The molecular formula is C11H21N3O3S. The summed E-state index contributed by atoms with van der Waals surface area (Å²) in [5.74, 6) is 0.153. The van der Waals surface area contributed by atoms with E-state index < -0.39 is 10.0 Å². The zero-order valence-corrected chi connectivity index (χ0v) is 11.8. The van der Waals surface area contributed by atoms with Crippen LogP contribution in [0.3, 0.4) is 0 Å². The highest BCUT2D eigenvalue weighted by atomic mass is 32.2. The van der Waals surface area contributed by atoms with Crippen LogP contribution in [0.2, 0.25) is 0 Å². The second kappa shape index (κ2) is 4.79. The van der Waals surface area contributed by atoms with Crippen molar-refractivity contribution in [2.24, 2.45) is 5.41 Å². The summed E-state index contributed by atoms with van der Waals surface area (Å²) in [4.78, 5) is 14.2. The summed E-state index contributed by atoms with van der Waals surface area (Å²) in [6, 6.07) is 0. The van der Waals surface area contributed by atoms with E-state index in [9.17, 15) is 13.2 Å². The van der Waals surface area contributed by atoms with Gasteiger partial charge in [0, 0.05) is 32.7 Å². The van der Waals surface area contributed by atoms with Crippen molar-refractivity contribution in [3.63, 3.8) is 0 Å². The molecule has 1 N–H and O–H groups in total. The molecule has 2 heterocycles. The summed E-state index contributed by atoms with van der Waals surface area (Å²) in [6.07, 6.45) is 2.07. The maximum atomic E-state index is 12.4. The largest absolute Gasteiger partial charge is 0.340 e. The van der Waals surface area contributed by atoms with Gasteiger partial charge in [0.15, 0.2) is 0 Å². The number of rotatable bonds is 2. The number of hydrogen-bond donors (Lipinski definition) is 1. The lowest BCUT2D eigenvalue weighted by atomic mass is 9.88. The van der Waals surface area contributed by atoms with Gasteiger partial charge in [0.25, 0.3) is 0 Å². The predicted molar refractivity (Wildman–Crippen MR) is 68.6 cm³/mol. The summed E-state index contributed by atoms with van der Waals surface area (Å²) in [5.41, 5.74) is -0.312. The first kappa shape index (κ1) is 13.8. The van der Waals surface area contributed by atoms with Crippen molar-refractivity contribution in [2.75, 3.05) is 45.5 Å². The number of carbonyl (C=O) groups excluding carboxylic acids is 1. The molecule has 0 aromatic rings. The topological polar surface area (TPSA) is 69.7 Å². The molecule has 2 rings (SSSR count). The third-order valence-corrected chi connectivity index (χ3v) is 5.18. The Bertz CT molecular complexity index is 421. The molecule has 2 saturated heterocycles. The van der Waals surface area contributed by atoms with E-state index in [0.717, 1.165) is 19.5 Å². The normalized spacial score (nSPS) is 30.7. The molecule has 1 atom stereocenters. The Kier molecular flexibility index (Phi) is 3.66. The average molecular weight is 275 g/mol. The number of sulfonamides is 1. The zero-order valence-electron chi connectivity index (χ0n) is 11.0. The minimum atomic E-state index is -3.13. The first-order chi connectivity index (χ1) is 8.33. The maximum Gasteiger partial charge on any atom is 0.229 e. The summed E-state index contributed by atoms with van der Waals surface area (Å²) < 4.78 is 24.2. The SMILES string of the molecule is CC1(C(=O)N2CCN(S(C)(=O)=O)CC2)CCNC1. The first-order valence-corrected chi connectivity index (χ1v) is 8.13. The van der Waals surface area contributed by atoms with Crippen LogP contribution in [0.25, 0.3) is 0 Å². The first-order valence-electron chi connectivity index (χ1n) is 6.28. The number of nitrogens with zero attached hydrogens (tertiary/aromatic N) is 2. The van der Waals surface area contributed by atoms with E-state index in [4.69, 9.17) is 0 Å². The number of hydrogen-bond acceptors (Lipinski definition) is 4. The Hall–Kier alpha value is -0.660. The lowest BCUT2D eigenvalue weighted by Gasteiger charge is -2.37. The second-order valence-electron chi connectivity index (χ2n) is 5.44. The van der Waals surface area contributed by atoms with Gasteiger partial charge in [-0.2, -0.15) is 4.31 Å². The van der Waals surface area contributed by atoms with Gasteiger partial charge < -0.3 is 10.2 Å². The van der Waals surface area contributed by atoms with Crippen LogP contribution in [0.15, 0.2) is 0 Å². The molecule has 2 aliphatic rings. The van der Waals surface area contributed by atoms with Gasteiger partial charge >= 0.3 is 0 Å². The monoisotopic (exact) mass is 275 g/mol. The van der Waals surface area contributed by atoms with Gasteiger partial charge in [-0.05, 0) is 19.9 Å². The molecule has 1 unspecified atom stereocenters. The van der Waals surface area contributed by atoms with Gasteiger partial charge in [-0.3, -0.25) is 4.79 Å². The third kappa shape index (κ3) is 2.67. The van der Waals surface area contributed by atoms with Gasteiger partial charge in [0.2, 0.25) is 15.9 Å². The van der Waals surface area contributed by atoms with E-state index in [-0.39, 0.29) is 11.3 Å². The molecule has 0 aromatic heterocycles. The highest BCUT2D eigenvalue weighted by Gasteiger charge is 2.40. The Balaban J connectivity index is 1.96. The molecule has 0 aliphatic carbocycles. The van der Waals surface area contributed by atoms with Crippen LogP contribution in [0.5, 0.6) is 0 Å². The molecule has 6 nitrogen and oxygen atoms in total. The van der Waals surface area contributed by atoms with E-state index in [0.29, 0.717) is 26.2 Å². The second-order valence-corrected chi connectivity index (χ2v) is 7.42. The van der Waals surface area contributed by atoms with Gasteiger partial charge in [-0.1, -0.05) is 0 Å². The fourth-order valence-electron chi connectivity index (χ4n) is 2.60. The van der Waals surface area contributed by atoms with Crippen molar-refractivity contribution in [2.45, 2.75) is 13.3 Å². The average Bonchev–Trinajstić information content (AvgIpc) is 2.75. The highest BCUT2D eigenvalue weighted by molar-refractivity contribution is 7.88. The van der Waals surface area contributed by atoms with Crippen molar-refractivity contribution < 1.29 is 13.2 Å². The number of amides is 1. The molecule has 7 heteroatoms. The number of carbonyl (C=O) groups is 1. The number of nitrogens with one attached hydrogen (secondary N) is 1. The standard InChI is InChI=1S/C11H21N3O3S/c1-11(3-4-12-9-11)10(15)13-5-7-14(8-6-13)18(2,16)17/h12H,3-9H2,1-2H3. The minimum absolute atomic E-state index is 0.153. The van der Waals surface area contributed by atoms with Crippen molar-refractivity contribution >= 4 is 15.9 Å². The van der Waals surface area contributed by atoms with Crippen LogP contribution in [0.4, 0.5) is 0 Å². The smallest absolute Gasteiger partial charge is 0.229 e. The molecule has 0 bridgehead atoms. The maximum absolute atomic E-state index is 12.4. The van der Waals surface area contributed by atoms with E-state index in [2.05, 4.69) is 5.32 Å². The van der Waals surface area contributed by atoms with Gasteiger partial charge in [-0.25, -0.2) is 8.42 Å². The molecule has 0 radical (unpaired) electrons. The lowest BCUT2D eigenvalue weighted by Crippen LogP contribution is -2.54. The summed E-state index contributed by atoms with van der Waals surface area (Å²) in [7, 11) is -3.13. The van der Waals surface area contributed by atoms with E-state index in [1.165, 1.54) is 10.6 Å². The molecule has 2 fully saturated rings. The van der Waals surface area contributed by atoms with Crippen LogP contribution < -0.4 is 5.32 Å². The Labute approximate surface area is 108 Å². The van der Waals surface area contributed by atoms with Crippen LogP contribution in [0.1, 0.15) is 13.3 Å². The molecule has 0 aromatic carbocycles.